The zero-order chi connectivity index (χ0) is 24.9. The molecule has 1 fully saturated rings. The van der Waals surface area contributed by atoms with E-state index in [1.165, 1.54) is 37.8 Å². The maximum Gasteiger partial charge on any atom is 0.340 e. The molecular weight excluding hydrogens is 484 g/mol. The number of nitrogens with one attached hydrogen (secondary N) is 1. The molecule has 0 radical (unpaired) electrons. The van der Waals surface area contributed by atoms with E-state index >= 15 is 0 Å². The van der Waals surface area contributed by atoms with Gasteiger partial charge in [0.1, 0.15) is 0 Å². The monoisotopic (exact) mass is 510 g/mol. The molecule has 0 bridgehead atoms. The van der Waals surface area contributed by atoms with Crippen LogP contribution < -0.4 is 14.8 Å². The molecule has 34 heavy (non-hydrogen) atoms. The van der Waals surface area contributed by atoms with E-state index in [9.17, 15) is 18.0 Å². The predicted molar refractivity (Wildman–Crippen MR) is 128 cm³/mol. The molecule has 1 amide bonds. The van der Waals surface area contributed by atoms with E-state index in [0.717, 1.165) is 0 Å². The number of carbonyl (C=O) groups is 2. The molecule has 1 heterocycles. The Balaban J connectivity index is 1.68. The molecule has 184 valence electrons. The highest BCUT2D eigenvalue weighted by Crippen LogP contribution is 2.34. The highest BCUT2D eigenvalue weighted by atomic mass is 35.5. The number of ether oxygens (including phenoxy) is 3. The maximum atomic E-state index is 13.0. The zero-order valence-corrected chi connectivity index (χ0v) is 20.7. The van der Waals surface area contributed by atoms with Gasteiger partial charge in [0.25, 0.3) is 0 Å². The number of halogens is 1. The van der Waals surface area contributed by atoms with Gasteiger partial charge in [-0.2, -0.15) is 0 Å². The van der Waals surface area contributed by atoms with Crippen molar-refractivity contribution in [1.29, 1.82) is 0 Å². The lowest BCUT2D eigenvalue weighted by Gasteiger charge is -2.30. The molecule has 1 aliphatic heterocycles. The third-order valence-electron chi connectivity index (χ3n) is 5.64. The molecule has 1 aliphatic rings. The van der Waals surface area contributed by atoms with Crippen molar-refractivity contribution in [3.63, 3.8) is 0 Å². The standard InChI is InChI=1S/C23H27ClN2O7S/c1-31-20-12-18(23(28)33-3)19(13-21(20)32-2)25-22(27)16-7-9-26(10-8-16)34(29,30)14-15-5-4-6-17(24)11-15/h4-6,11-13,16H,7-10,14H2,1-3H3,(H,25,27). The molecule has 0 atom stereocenters. The van der Waals surface area contributed by atoms with Crippen molar-refractivity contribution in [2.24, 2.45) is 5.92 Å². The third-order valence-corrected chi connectivity index (χ3v) is 7.73. The van der Waals surface area contributed by atoms with Gasteiger partial charge in [-0.1, -0.05) is 23.7 Å². The fraction of sp³-hybridized carbons (Fsp3) is 0.391. The molecule has 1 saturated heterocycles. The zero-order valence-electron chi connectivity index (χ0n) is 19.2. The SMILES string of the molecule is COC(=O)c1cc(OC)c(OC)cc1NC(=O)C1CCN(S(=O)(=O)Cc2cccc(Cl)c2)CC1. The highest BCUT2D eigenvalue weighted by molar-refractivity contribution is 7.88. The Morgan fingerprint density at radius 3 is 2.29 bits per heavy atom. The van der Waals surface area contributed by atoms with Crippen LogP contribution in [0.15, 0.2) is 36.4 Å². The van der Waals surface area contributed by atoms with Crippen molar-refractivity contribution in [3.05, 3.63) is 52.5 Å². The van der Waals surface area contributed by atoms with Gasteiger partial charge >= 0.3 is 5.97 Å². The first-order valence-electron chi connectivity index (χ1n) is 10.6. The number of sulfonamides is 1. The quantitative estimate of drug-likeness (QED) is 0.542. The summed E-state index contributed by atoms with van der Waals surface area (Å²) >= 11 is 5.96. The number of amides is 1. The lowest BCUT2D eigenvalue weighted by molar-refractivity contribution is -0.120. The minimum atomic E-state index is -3.55. The molecule has 1 N–H and O–H groups in total. The molecule has 0 spiro atoms. The van der Waals surface area contributed by atoms with E-state index in [1.807, 2.05) is 0 Å². The Labute approximate surface area is 204 Å². The molecule has 0 aliphatic carbocycles. The van der Waals surface area contributed by atoms with Crippen molar-refractivity contribution in [1.82, 2.24) is 4.31 Å². The van der Waals surface area contributed by atoms with Crippen molar-refractivity contribution in [3.8, 4) is 11.5 Å². The van der Waals surface area contributed by atoms with Crippen LogP contribution in [-0.4, -0.2) is 59.0 Å². The summed E-state index contributed by atoms with van der Waals surface area (Å²) in [6.07, 6.45) is 0.697. The molecule has 0 unspecified atom stereocenters. The number of nitrogens with zero attached hydrogens (tertiary/aromatic N) is 1. The van der Waals surface area contributed by atoms with Gasteiger partial charge in [0.05, 0.1) is 38.3 Å². The number of esters is 1. The number of anilines is 1. The summed E-state index contributed by atoms with van der Waals surface area (Å²) < 4.78 is 42.4. The number of hydrogen-bond donors (Lipinski definition) is 1. The van der Waals surface area contributed by atoms with Gasteiger partial charge < -0.3 is 19.5 Å². The molecule has 3 rings (SSSR count). The normalized spacial score (nSPS) is 14.9. The molecule has 9 nitrogen and oxygen atoms in total. The Morgan fingerprint density at radius 2 is 1.71 bits per heavy atom. The van der Waals surface area contributed by atoms with Crippen LogP contribution in [0.2, 0.25) is 5.02 Å². The van der Waals surface area contributed by atoms with Crippen molar-refractivity contribution in [2.75, 3.05) is 39.7 Å². The Hall–Kier alpha value is -2.82. The number of hydrogen-bond acceptors (Lipinski definition) is 7. The van der Waals surface area contributed by atoms with Gasteiger partial charge in [0.15, 0.2) is 11.5 Å². The number of piperidine rings is 1. The summed E-state index contributed by atoms with van der Waals surface area (Å²) in [5.41, 5.74) is 0.955. The van der Waals surface area contributed by atoms with Crippen LogP contribution in [0, 0.1) is 5.92 Å². The van der Waals surface area contributed by atoms with Crippen molar-refractivity contribution in [2.45, 2.75) is 18.6 Å². The number of rotatable bonds is 8. The molecule has 2 aromatic carbocycles. The number of carbonyl (C=O) groups excluding carboxylic acids is 2. The first kappa shape index (κ1) is 25.8. The summed E-state index contributed by atoms with van der Waals surface area (Å²) in [4.78, 5) is 25.2. The van der Waals surface area contributed by atoms with E-state index in [-0.39, 0.29) is 36.0 Å². The highest BCUT2D eigenvalue weighted by Gasteiger charge is 2.32. The van der Waals surface area contributed by atoms with Crippen LogP contribution in [0.4, 0.5) is 5.69 Å². The maximum absolute atomic E-state index is 13.0. The Kier molecular flexibility index (Phi) is 8.40. The molecule has 0 saturated carbocycles. The van der Waals surface area contributed by atoms with Gasteiger partial charge in [0.2, 0.25) is 15.9 Å². The van der Waals surface area contributed by atoms with Crippen LogP contribution in [0.5, 0.6) is 11.5 Å². The van der Waals surface area contributed by atoms with E-state index < -0.39 is 21.9 Å². The predicted octanol–water partition coefficient (Wildman–Crippen LogP) is 3.32. The van der Waals surface area contributed by atoms with E-state index in [1.54, 1.807) is 24.3 Å². The number of benzene rings is 2. The largest absolute Gasteiger partial charge is 0.493 e. The number of methoxy groups -OCH3 is 3. The van der Waals surface area contributed by atoms with Gasteiger partial charge in [-0.15, -0.1) is 0 Å². The third kappa shape index (κ3) is 5.99. The van der Waals surface area contributed by atoms with Gasteiger partial charge in [-0.3, -0.25) is 4.79 Å². The van der Waals surface area contributed by atoms with E-state index in [4.69, 9.17) is 25.8 Å². The smallest absolute Gasteiger partial charge is 0.340 e. The fourth-order valence-electron chi connectivity index (χ4n) is 3.82. The average Bonchev–Trinajstić information content (AvgIpc) is 2.83. The second-order valence-corrected chi connectivity index (χ2v) is 10.2. The summed E-state index contributed by atoms with van der Waals surface area (Å²) in [7, 11) is 0.574. The first-order valence-corrected chi connectivity index (χ1v) is 12.5. The van der Waals surface area contributed by atoms with Crippen LogP contribution in [-0.2, 0) is 25.3 Å². The first-order chi connectivity index (χ1) is 16.2. The summed E-state index contributed by atoms with van der Waals surface area (Å²) in [6, 6.07) is 9.66. The van der Waals surface area contributed by atoms with E-state index in [2.05, 4.69) is 5.32 Å². The van der Waals surface area contributed by atoms with Crippen LogP contribution in [0.25, 0.3) is 0 Å². The summed E-state index contributed by atoms with van der Waals surface area (Å²) in [6.45, 7) is 0.438. The fourth-order valence-corrected chi connectivity index (χ4v) is 5.58. The summed E-state index contributed by atoms with van der Waals surface area (Å²) in [5.74, 6) is -0.872. The lowest BCUT2D eigenvalue weighted by atomic mass is 9.97. The second-order valence-electron chi connectivity index (χ2n) is 7.79. The topological polar surface area (TPSA) is 111 Å². The van der Waals surface area contributed by atoms with Crippen LogP contribution in [0.1, 0.15) is 28.8 Å². The Morgan fingerprint density at radius 1 is 1.06 bits per heavy atom. The van der Waals surface area contributed by atoms with Gasteiger partial charge in [-0.05, 0) is 30.5 Å². The lowest BCUT2D eigenvalue weighted by Crippen LogP contribution is -2.42. The minimum Gasteiger partial charge on any atom is -0.493 e. The molecule has 11 heteroatoms. The minimum absolute atomic E-state index is 0.120. The molecule has 2 aromatic rings. The second kappa shape index (κ2) is 11.1. The van der Waals surface area contributed by atoms with Crippen LogP contribution >= 0.6 is 11.6 Å². The average molecular weight is 511 g/mol. The van der Waals surface area contributed by atoms with Crippen molar-refractivity contribution >= 4 is 39.2 Å². The van der Waals surface area contributed by atoms with Crippen LogP contribution in [0.3, 0.4) is 0 Å². The van der Waals surface area contributed by atoms with Gasteiger partial charge in [-0.25, -0.2) is 17.5 Å². The molecule has 0 aromatic heterocycles. The van der Waals surface area contributed by atoms with Crippen molar-refractivity contribution < 1.29 is 32.2 Å². The summed E-state index contributed by atoms with van der Waals surface area (Å²) in [5, 5.41) is 3.24. The van der Waals surface area contributed by atoms with Gasteiger partial charge in [0, 0.05) is 36.2 Å². The molecular formula is C23H27ClN2O7S. The van der Waals surface area contributed by atoms with E-state index in [0.29, 0.717) is 34.9 Å². The Bertz CT molecular complexity index is 1160.